The van der Waals surface area contributed by atoms with Crippen molar-refractivity contribution in [2.24, 2.45) is 5.92 Å². The molecule has 10 nitrogen and oxygen atoms in total. The van der Waals surface area contributed by atoms with E-state index in [1.165, 1.54) is 11.9 Å². The molecule has 0 aromatic carbocycles. The number of urea groups is 1. The maximum Gasteiger partial charge on any atom is 0.404 e. The molecule has 10 heteroatoms. The van der Waals surface area contributed by atoms with Crippen molar-refractivity contribution in [3.05, 3.63) is 23.7 Å². The minimum absolute atomic E-state index is 0.190. The van der Waals surface area contributed by atoms with Gasteiger partial charge in [-0.3, -0.25) is 15.0 Å². The van der Waals surface area contributed by atoms with Gasteiger partial charge >= 0.3 is 12.1 Å². The van der Waals surface area contributed by atoms with Crippen molar-refractivity contribution in [2.75, 3.05) is 31.6 Å². The standard InChI is InChI=1S/C16H20N6O4/c1-21-12(13(23)20-15(21)24)7-11-4-5-17-14(19-11)22-6-2-3-10(9-22)8-18-16(25)26/h4-5,7,10,18H,2-3,6,8-9H2,1H3,(H,25,26)(H,20,23,24)/b12-7-. The third-order valence-electron chi connectivity index (χ3n) is 4.41. The molecular weight excluding hydrogens is 340 g/mol. The van der Waals surface area contributed by atoms with E-state index in [9.17, 15) is 14.4 Å². The summed E-state index contributed by atoms with van der Waals surface area (Å²) < 4.78 is 0. The van der Waals surface area contributed by atoms with Crippen LogP contribution in [0.2, 0.25) is 0 Å². The zero-order valence-corrected chi connectivity index (χ0v) is 14.3. The number of hydrogen-bond donors (Lipinski definition) is 3. The largest absolute Gasteiger partial charge is 0.465 e. The molecule has 2 aliphatic heterocycles. The lowest BCUT2D eigenvalue weighted by Crippen LogP contribution is -2.41. The molecular formula is C16H20N6O4. The first-order chi connectivity index (χ1) is 12.4. The fourth-order valence-corrected chi connectivity index (χ4v) is 3.05. The van der Waals surface area contributed by atoms with Crippen molar-refractivity contribution in [3.8, 4) is 0 Å². The van der Waals surface area contributed by atoms with Crippen LogP contribution >= 0.6 is 0 Å². The maximum atomic E-state index is 11.8. The minimum atomic E-state index is -1.03. The third kappa shape index (κ3) is 3.90. The second-order valence-electron chi connectivity index (χ2n) is 6.27. The van der Waals surface area contributed by atoms with E-state index in [-0.39, 0.29) is 11.6 Å². The normalized spacial score (nSPS) is 21.9. The van der Waals surface area contributed by atoms with Crippen LogP contribution in [-0.2, 0) is 4.79 Å². The van der Waals surface area contributed by atoms with Crippen molar-refractivity contribution >= 4 is 30.1 Å². The van der Waals surface area contributed by atoms with Gasteiger partial charge in [-0.2, -0.15) is 0 Å². The minimum Gasteiger partial charge on any atom is -0.465 e. The number of carbonyl (C=O) groups is 3. The lowest BCUT2D eigenvalue weighted by molar-refractivity contribution is -0.115. The van der Waals surface area contributed by atoms with Gasteiger partial charge in [0.15, 0.2) is 0 Å². The number of piperidine rings is 1. The van der Waals surface area contributed by atoms with Crippen LogP contribution in [0.4, 0.5) is 15.5 Å². The number of likely N-dealkylation sites (N-methyl/N-ethyl adjacent to an activating group) is 1. The number of anilines is 1. The number of hydrogen-bond acceptors (Lipinski definition) is 6. The Balaban J connectivity index is 1.74. The number of carboxylic acid groups (broad SMARTS) is 1. The molecule has 2 fully saturated rings. The first-order valence-corrected chi connectivity index (χ1v) is 8.29. The van der Waals surface area contributed by atoms with Gasteiger partial charge in [-0.05, 0) is 30.9 Å². The molecule has 2 saturated heterocycles. The molecule has 0 spiro atoms. The summed E-state index contributed by atoms with van der Waals surface area (Å²) in [5.41, 5.74) is 0.745. The Kier molecular flexibility index (Phi) is 5.01. The van der Waals surface area contributed by atoms with E-state index in [1.54, 1.807) is 18.3 Å². The lowest BCUT2D eigenvalue weighted by Gasteiger charge is -2.32. The highest BCUT2D eigenvalue weighted by molar-refractivity contribution is 6.13. The van der Waals surface area contributed by atoms with Crippen LogP contribution in [0.1, 0.15) is 18.5 Å². The Morgan fingerprint density at radius 1 is 1.50 bits per heavy atom. The second kappa shape index (κ2) is 7.38. The van der Waals surface area contributed by atoms with Gasteiger partial charge in [-0.25, -0.2) is 19.6 Å². The number of nitrogens with one attached hydrogen (secondary N) is 2. The van der Waals surface area contributed by atoms with Gasteiger partial charge in [0.2, 0.25) is 5.95 Å². The Morgan fingerprint density at radius 2 is 2.31 bits per heavy atom. The molecule has 3 N–H and O–H groups in total. The van der Waals surface area contributed by atoms with Gasteiger partial charge in [-0.15, -0.1) is 0 Å². The Hall–Kier alpha value is -3.17. The topological polar surface area (TPSA) is 128 Å². The summed E-state index contributed by atoms with van der Waals surface area (Å²) in [5, 5.41) is 13.4. The smallest absolute Gasteiger partial charge is 0.404 e. The number of rotatable bonds is 4. The average molecular weight is 360 g/mol. The molecule has 2 aliphatic rings. The number of amides is 4. The lowest BCUT2D eigenvalue weighted by atomic mass is 9.98. The molecule has 0 saturated carbocycles. The zero-order valence-electron chi connectivity index (χ0n) is 14.3. The Bertz CT molecular complexity index is 765. The van der Waals surface area contributed by atoms with E-state index in [1.807, 2.05) is 4.90 Å². The predicted octanol–water partition coefficient (Wildman–Crippen LogP) is 0.483. The van der Waals surface area contributed by atoms with Crippen molar-refractivity contribution in [3.63, 3.8) is 0 Å². The van der Waals surface area contributed by atoms with E-state index in [2.05, 4.69) is 20.6 Å². The molecule has 1 aromatic rings. The highest BCUT2D eigenvalue weighted by Crippen LogP contribution is 2.21. The quantitative estimate of drug-likeness (QED) is 0.526. The van der Waals surface area contributed by atoms with E-state index >= 15 is 0 Å². The molecule has 1 unspecified atom stereocenters. The van der Waals surface area contributed by atoms with Gasteiger partial charge in [-0.1, -0.05) is 0 Å². The second-order valence-corrected chi connectivity index (χ2v) is 6.27. The number of carbonyl (C=O) groups excluding carboxylic acids is 2. The Labute approximate surface area is 149 Å². The summed E-state index contributed by atoms with van der Waals surface area (Å²) in [6.07, 6.45) is 3.97. The van der Waals surface area contributed by atoms with Crippen molar-refractivity contribution in [1.82, 2.24) is 25.5 Å². The molecule has 4 amide bonds. The van der Waals surface area contributed by atoms with Gasteiger partial charge in [0.1, 0.15) is 5.70 Å². The maximum absolute atomic E-state index is 11.8. The molecule has 26 heavy (non-hydrogen) atoms. The average Bonchev–Trinajstić information content (AvgIpc) is 2.87. The fraction of sp³-hybridized carbons (Fsp3) is 0.438. The molecule has 3 heterocycles. The number of imide groups is 1. The molecule has 3 rings (SSSR count). The van der Waals surface area contributed by atoms with Crippen molar-refractivity contribution in [1.29, 1.82) is 0 Å². The SMILES string of the molecule is CN1C(=O)NC(=O)/C1=C/c1ccnc(N2CCCC(CNC(=O)O)C2)n1. The van der Waals surface area contributed by atoms with Crippen LogP contribution in [0.25, 0.3) is 6.08 Å². The molecule has 0 radical (unpaired) electrons. The highest BCUT2D eigenvalue weighted by Gasteiger charge is 2.30. The van der Waals surface area contributed by atoms with Crippen LogP contribution in [0, 0.1) is 5.92 Å². The van der Waals surface area contributed by atoms with Gasteiger partial charge in [0.05, 0.1) is 5.69 Å². The first-order valence-electron chi connectivity index (χ1n) is 8.29. The summed E-state index contributed by atoms with van der Waals surface area (Å²) in [5.74, 6) is 0.247. The zero-order chi connectivity index (χ0) is 18.7. The summed E-state index contributed by atoms with van der Waals surface area (Å²) >= 11 is 0. The predicted molar refractivity (Wildman–Crippen MR) is 92.3 cm³/mol. The number of nitrogens with zero attached hydrogens (tertiary/aromatic N) is 4. The van der Waals surface area contributed by atoms with Crippen LogP contribution < -0.4 is 15.5 Å². The Morgan fingerprint density at radius 3 is 3.00 bits per heavy atom. The summed E-state index contributed by atoms with van der Waals surface area (Å²) in [6, 6.07) is 1.19. The fourth-order valence-electron chi connectivity index (χ4n) is 3.05. The molecule has 1 atom stereocenters. The third-order valence-corrected chi connectivity index (χ3v) is 4.41. The van der Waals surface area contributed by atoms with Crippen LogP contribution in [-0.4, -0.2) is 64.7 Å². The molecule has 138 valence electrons. The van der Waals surface area contributed by atoms with Gasteiger partial charge < -0.3 is 15.3 Å². The molecule has 1 aromatic heterocycles. The van der Waals surface area contributed by atoms with E-state index in [0.29, 0.717) is 24.7 Å². The molecule has 0 bridgehead atoms. The van der Waals surface area contributed by atoms with Crippen molar-refractivity contribution < 1.29 is 19.5 Å². The van der Waals surface area contributed by atoms with Crippen molar-refractivity contribution in [2.45, 2.75) is 12.8 Å². The summed E-state index contributed by atoms with van der Waals surface area (Å²) in [6.45, 7) is 1.82. The van der Waals surface area contributed by atoms with Gasteiger partial charge in [0.25, 0.3) is 5.91 Å². The number of aromatic nitrogens is 2. The van der Waals surface area contributed by atoms with Crippen LogP contribution in [0.3, 0.4) is 0 Å². The van der Waals surface area contributed by atoms with Crippen LogP contribution in [0.15, 0.2) is 18.0 Å². The monoisotopic (exact) mass is 360 g/mol. The van der Waals surface area contributed by atoms with Crippen LogP contribution in [0.5, 0.6) is 0 Å². The van der Waals surface area contributed by atoms with E-state index in [0.717, 1.165) is 19.4 Å². The summed E-state index contributed by atoms with van der Waals surface area (Å²) in [7, 11) is 1.51. The first kappa shape index (κ1) is 17.6. The van der Waals surface area contributed by atoms with E-state index < -0.39 is 18.0 Å². The van der Waals surface area contributed by atoms with E-state index in [4.69, 9.17) is 5.11 Å². The molecule has 0 aliphatic carbocycles. The van der Waals surface area contributed by atoms with Gasteiger partial charge in [0, 0.05) is 32.9 Å². The highest BCUT2D eigenvalue weighted by atomic mass is 16.4. The summed E-state index contributed by atoms with van der Waals surface area (Å²) in [4.78, 5) is 46.0.